The van der Waals surface area contributed by atoms with Crippen LogP contribution in [0.2, 0.25) is 5.02 Å². The van der Waals surface area contributed by atoms with E-state index in [4.69, 9.17) is 20.8 Å². The Labute approximate surface area is 221 Å². The second-order valence-electron chi connectivity index (χ2n) is 9.51. The summed E-state index contributed by atoms with van der Waals surface area (Å²) in [6, 6.07) is 27.7. The van der Waals surface area contributed by atoms with Gasteiger partial charge in [-0.25, -0.2) is 0 Å². The van der Waals surface area contributed by atoms with Crippen LogP contribution in [0.3, 0.4) is 0 Å². The zero-order valence-electron chi connectivity index (χ0n) is 20.5. The number of carbonyl (C=O) groups is 1. The zero-order valence-corrected chi connectivity index (χ0v) is 21.2. The third-order valence-electron chi connectivity index (χ3n) is 7.24. The second-order valence-corrected chi connectivity index (χ2v) is 9.94. The van der Waals surface area contributed by atoms with Crippen LogP contribution in [0.4, 0.5) is 11.4 Å². The fourth-order valence-corrected chi connectivity index (χ4v) is 5.60. The van der Waals surface area contributed by atoms with Gasteiger partial charge in [0.1, 0.15) is 11.5 Å². The van der Waals surface area contributed by atoms with E-state index in [0.717, 1.165) is 45.3 Å². The lowest BCUT2D eigenvalue weighted by Gasteiger charge is -2.36. The van der Waals surface area contributed by atoms with Crippen LogP contribution < -0.4 is 15.0 Å². The maximum atomic E-state index is 14.0. The first-order chi connectivity index (χ1) is 18.1. The molecule has 3 aromatic carbocycles. The average Bonchev–Trinajstić information content (AvgIpc) is 3.42. The van der Waals surface area contributed by atoms with Crippen LogP contribution >= 0.6 is 11.6 Å². The van der Waals surface area contributed by atoms with Gasteiger partial charge >= 0.3 is 0 Å². The van der Waals surface area contributed by atoms with Gasteiger partial charge in [-0.05, 0) is 66.1 Å². The van der Waals surface area contributed by atoms with E-state index in [2.05, 4.69) is 34.5 Å². The summed E-state index contributed by atoms with van der Waals surface area (Å²) in [5.41, 5.74) is 5.91. The number of benzene rings is 3. The van der Waals surface area contributed by atoms with Gasteiger partial charge in [0.15, 0.2) is 5.78 Å². The Kier molecular flexibility index (Phi) is 6.23. The van der Waals surface area contributed by atoms with Crippen molar-refractivity contribution < 1.29 is 13.9 Å². The predicted molar refractivity (Wildman–Crippen MR) is 146 cm³/mol. The molecule has 1 aromatic heterocycles. The minimum absolute atomic E-state index is 0.0000757. The van der Waals surface area contributed by atoms with Gasteiger partial charge in [0.2, 0.25) is 0 Å². The van der Waals surface area contributed by atoms with E-state index in [9.17, 15) is 4.79 Å². The Bertz CT molecular complexity index is 1440. The van der Waals surface area contributed by atoms with E-state index in [1.165, 1.54) is 0 Å². The van der Waals surface area contributed by atoms with Crippen molar-refractivity contribution in [3.63, 3.8) is 0 Å². The Balaban J connectivity index is 1.51. The van der Waals surface area contributed by atoms with Crippen molar-refractivity contribution in [1.82, 2.24) is 0 Å². The fraction of sp³-hybridized carbons (Fsp3) is 0.194. The summed E-state index contributed by atoms with van der Waals surface area (Å²) in [4.78, 5) is 16.3. The van der Waals surface area contributed by atoms with Crippen molar-refractivity contribution in [2.45, 2.75) is 31.3 Å². The molecule has 6 rings (SSSR count). The number of fused-ring (bicyclic) bond motifs is 1. The number of Topliss-reactive ketones (excluding diaryl/α,β-unsaturated/α-hetero) is 1. The molecule has 2 atom stereocenters. The minimum atomic E-state index is -0.282. The van der Waals surface area contributed by atoms with Gasteiger partial charge in [0.05, 0.1) is 30.8 Å². The molecule has 6 heteroatoms. The number of allylic oxidation sites excluding steroid dienone is 1. The molecule has 0 radical (unpaired) electrons. The fourth-order valence-electron chi connectivity index (χ4n) is 5.47. The Morgan fingerprint density at radius 3 is 2.49 bits per heavy atom. The van der Waals surface area contributed by atoms with E-state index in [-0.39, 0.29) is 17.7 Å². The molecule has 37 heavy (non-hydrogen) atoms. The number of nitrogens with zero attached hydrogens (tertiary/aromatic N) is 1. The molecule has 0 saturated heterocycles. The molecule has 0 spiro atoms. The minimum Gasteiger partial charge on any atom is -0.497 e. The number of hydrogen-bond acceptors (Lipinski definition) is 5. The van der Waals surface area contributed by atoms with Gasteiger partial charge in [0.25, 0.3) is 0 Å². The molecular weight excluding hydrogens is 484 g/mol. The lowest BCUT2D eigenvalue weighted by molar-refractivity contribution is -0.116. The number of ketones is 1. The van der Waals surface area contributed by atoms with E-state index in [1.54, 1.807) is 13.4 Å². The number of furan rings is 1. The summed E-state index contributed by atoms with van der Waals surface area (Å²) in [5, 5.41) is 4.32. The Morgan fingerprint density at radius 1 is 0.973 bits per heavy atom. The molecule has 0 bridgehead atoms. The molecule has 2 aliphatic rings. The second kappa shape index (κ2) is 9.83. The molecular formula is C31H27ClN2O3. The van der Waals surface area contributed by atoms with Gasteiger partial charge in [-0.15, -0.1) is 0 Å². The Hall–Kier alpha value is -3.96. The van der Waals surface area contributed by atoms with Crippen molar-refractivity contribution in [3.05, 3.63) is 124 Å². The molecule has 2 heterocycles. The maximum absolute atomic E-state index is 14.0. The summed E-state index contributed by atoms with van der Waals surface area (Å²) in [5.74, 6) is 1.78. The van der Waals surface area contributed by atoms with E-state index < -0.39 is 0 Å². The van der Waals surface area contributed by atoms with E-state index >= 15 is 0 Å². The number of hydrogen-bond donors (Lipinski definition) is 1. The van der Waals surface area contributed by atoms with Crippen LogP contribution in [0.5, 0.6) is 5.75 Å². The van der Waals surface area contributed by atoms with Gasteiger partial charge < -0.3 is 19.4 Å². The molecule has 0 saturated carbocycles. The summed E-state index contributed by atoms with van der Waals surface area (Å²) >= 11 is 6.27. The van der Waals surface area contributed by atoms with Crippen LogP contribution in [-0.2, 0) is 11.3 Å². The maximum Gasteiger partial charge on any atom is 0.163 e. The first kappa shape index (κ1) is 23.4. The number of ether oxygens (including phenoxy) is 1. The highest BCUT2D eigenvalue weighted by molar-refractivity contribution is 6.30. The number of rotatable bonds is 5. The van der Waals surface area contributed by atoms with Crippen molar-refractivity contribution in [2.75, 3.05) is 17.3 Å². The largest absolute Gasteiger partial charge is 0.497 e. The van der Waals surface area contributed by atoms with Crippen LogP contribution in [0.15, 0.2) is 107 Å². The molecule has 0 unspecified atom stereocenters. The smallest absolute Gasteiger partial charge is 0.163 e. The van der Waals surface area contributed by atoms with Crippen molar-refractivity contribution >= 4 is 28.8 Å². The van der Waals surface area contributed by atoms with Gasteiger partial charge in [-0.3, -0.25) is 4.79 Å². The lowest BCUT2D eigenvalue weighted by atomic mass is 9.80. The molecule has 0 fully saturated rings. The number of halogens is 1. The summed E-state index contributed by atoms with van der Waals surface area (Å²) < 4.78 is 11.1. The summed E-state index contributed by atoms with van der Waals surface area (Å²) in [7, 11) is 1.67. The highest BCUT2D eigenvalue weighted by Gasteiger charge is 2.40. The monoisotopic (exact) mass is 510 g/mol. The first-order valence-electron chi connectivity index (χ1n) is 12.4. The number of anilines is 2. The average molecular weight is 511 g/mol. The van der Waals surface area contributed by atoms with Crippen molar-refractivity contribution in [3.8, 4) is 5.75 Å². The van der Waals surface area contributed by atoms with Crippen LogP contribution in [0.25, 0.3) is 0 Å². The number of methoxy groups -OCH3 is 1. The molecule has 4 aromatic rings. The molecule has 5 nitrogen and oxygen atoms in total. The quantitative estimate of drug-likeness (QED) is 0.301. The van der Waals surface area contributed by atoms with Crippen molar-refractivity contribution in [2.24, 2.45) is 0 Å². The number of nitrogens with one attached hydrogen (secondary N) is 1. The predicted octanol–water partition coefficient (Wildman–Crippen LogP) is 7.52. The SMILES string of the molecule is COc1ccc(CN2c3ccccc3NC3=C(C(=O)C[C@H](c4ccco4)C3)[C@@H]2c2ccc(Cl)cc2)cc1. The van der Waals surface area contributed by atoms with E-state index in [1.807, 2.05) is 60.7 Å². The third kappa shape index (κ3) is 4.51. The first-order valence-corrected chi connectivity index (χ1v) is 12.8. The topological polar surface area (TPSA) is 54.7 Å². The highest BCUT2D eigenvalue weighted by atomic mass is 35.5. The van der Waals surface area contributed by atoms with E-state index in [0.29, 0.717) is 24.4 Å². The standard InChI is InChI=1S/C31H27ClN2O3/c1-36-24-14-8-20(9-15-24)19-34-27-6-3-2-5-25(27)33-26-17-22(29-7-4-16-37-29)18-28(35)30(26)31(34)21-10-12-23(32)13-11-21/h2-16,22,31,33H,17-19H2,1H3/t22-,31+/m1/s1. The summed E-state index contributed by atoms with van der Waals surface area (Å²) in [6.45, 7) is 0.613. The van der Waals surface area contributed by atoms with Crippen molar-refractivity contribution in [1.29, 1.82) is 0 Å². The Morgan fingerprint density at radius 2 is 1.76 bits per heavy atom. The molecule has 186 valence electrons. The third-order valence-corrected chi connectivity index (χ3v) is 7.49. The number of para-hydroxylation sites is 2. The normalized spacial score (nSPS) is 19.1. The molecule has 1 aliphatic carbocycles. The number of carbonyl (C=O) groups excluding carboxylic acids is 1. The van der Waals surface area contributed by atoms with Gasteiger partial charge in [-0.1, -0.05) is 48.0 Å². The van der Waals surface area contributed by atoms with Gasteiger partial charge in [0, 0.05) is 35.2 Å². The van der Waals surface area contributed by atoms with Crippen LogP contribution in [0.1, 0.15) is 41.7 Å². The lowest BCUT2D eigenvalue weighted by Crippen LogP contribution is -2.34. The summed E-state index contributed by atoms with van der Waals surface area (Å²) in [6.07, 6.45) is 2.78. The van der Waals surface area contributed by atoms with Crippen LogP contribution in [-0.4, -0.2) is 12.9 Å². The zero-order chi connectivity index (χ0) is 25.4. The highest BCUT2D eigenvalue weighted by Crippen LogP contribution is 2.48. The molecule has 1 aliphatic heterocycles. The molecule has 1 N–H and O–H groups in total. The van der Waals surface area contributed by atoms with Crippen LogP contribution in [0, 0.1) is 0 Å². The molecule has 0 amide bonds. The van der Waals surface area contributed by atoms with Gasteiger partial charge in [-0.2, -0.15) is 0 Å².